The van der Waals surface area contributed by atoms with E-state index in [2.05, 4.69) is 24.7 Å². The van der Waals surface area contributed by atoms with Crippen LogP contribution in [0.1, 0.15) is 0 Å². The van der Waals surface area contributed by atoms with Crippen LogP contribution in [-0.4, -0.2) is 38.2 Å². The van der Waals surface area contributed by atoms with Gasteiger partial charge in [-0.1, -0.05) is 0 Å². The minimum absolute atomic E-state index is 0.126. The number of pyridine rings is 3. The third-order valence-electron chi connectivity index (χ3n) is 3.84. The second-order valence-electron chi connectivity index (χ2n) is 5.58. The van der Waals surface area contributed by atoms with Crippen molar-refractivity contribution in [2.75, 3.05) is 7.11 Å². The molecule has 0 amide bonds. The van der Waals surface area contributed by atoms with Crippen molar-refractivity contribution in [3.05, 3.63) is 54.7 Å². The molecule has 0 aliphatic heterocycles. The smallest absolute Gasteiger partial charge is 0.387 e. The summed E-state index contributed by atoms with van der Waals surface area (Å²) in [5.41, 5.74) is 1.62. The first-order chi connectivity index (χ1) is 13.5. The number of alkyl halides is 2. The number of rotatable bonds is 5. The van der Waals surface area contributed by atoms with Gasteiger partial charge in [0.1, 0.15) is 22.8 Å². The number of methoxy groups -OCH3 is 1. The fourth-order valence-corrected chi connectivity index (χ4v) is 2.66. The fraction of sp³-hybridized carbons (Fsp3) is 0.111. The van der Waals surface area contributed by atoms with E-state index in [9.17, 15) is 13.2 Å². The van der Waals surface area contributed by atoms with Crippen molar-refractivity contribution < 1.29 is 22.6 Å². The van der Waals surface area contributed by atoms with Crippen LogP contribution in [0, 0.1) is 5.82 Å². The Morgan fingerprint density at radius 1 is 1.00 bits per heavy atom. The first-order valence-corrected chi connectivity index (χ1v) is 8.01. The van der Waals surface area contributed by atoms with Gasteiger partial charge in [-0.05, 0) is 18.2 Å². The lowest BCUT2D eigenvalue weighted by Crippen LogP contribution is -2.03. The summed E-state index contributed by atoms with van der Waals surface area (Å²) in [7, 11) is 1.49. The molecule has 0 saturated heterocycles. The molecule has 0 aliphatic rings. The molecule has 10 heteroatoms. The number of aromatic nitrogens is 5. The Morgan fingerprint density at radius 2 is 1.86 bits per heavy atom. The summed E-state index contributed by atoms with van der Waals surface area (Å²) >= 11 is 0. The Labute approximate surface area is 156 Å². The Morgan fingerprint density at radius 3 is 2.50 bits per heavy atom. The number of ether oxygens (including phenoxy) is 2. The summed E-state index contributed by atoms with van der Waals surface area (Å²) < 4.78 is 49.4. The van der Waals surface area contributed by atoms with Gasteiger partial charge >= 0.3 is 6.61 Å². The molecule has 0 N–H and O–H groups in total. The number of halogens is 3. The molecular weight excluding hydrogens is 375 g/mol. The summed E-state index contributed by atoms with van der Waals surface area (Å²) in [6.45, 7) is -2.98. The number of nitrogens with zero attached hydrogens (tertiary/aromatic N) is 5. The van der Waals surface area contributed by atoms with Crippen molar-refractivity contribution in [2.45, 2.75) is 6.61 Å². The molecular formula is C18H12F3N5O2. The normalized spacial score (nSPS) is 11.2. The van der Waals surface area contributed by atoms with Gasteiger partial charge in [-0.15, -0.1) is 0 Å². The van der Waals surface area contributed by atoms with Crippen LogP contribution < -0.4 is 9.47 Å². The minimum Gasteiger partial charge on any atom is -0.481 e. The molecule has 0 aromatic carbocycles. The van der Waals surface area contributed by atoms with Crippen molar-refractivity contribution in [1.82, 2.24) is 24.5 Å². The second-order valence-corrected chi connectivity index (χ2v) is 5.58. The lowest BCUT2D eigenvalue weighted by molar-refractivity contribution is -0.0499. The van der Waals surface area contributed by atoms with E-state index in [0.717, 1.165) is 6.20 Å². The summed E-state index contributed by atoms with van der Waals surface area (Å²) in [5.74, 6) is 0.126. The molecule has 0 aliphatic carbocycles. The summed E-state index contributed by atoms with van der Waals surface area (Å²) in [4.78, 5) is 16.8. The zero-order valence-corrected chi connectivity index (χ0v) is 14.4. The van der Waals surface area contributed by atoms with Gasteiger partial charge in [-0.2, -0.15) is 8.78 Å². The van der Waals surface area contributed by atoms with Crippen molar-refractivity contribution in [1.29, 1.82) is 0 Å². The van der Waals surface area contributed by atoms with Crippen LogP contribution in [0.2, 0.25) is 0 Å². The topological polar surface area (TPSA) is 75.0 Å². The molecule has 0 atom stereocenters. The van der Waals surface area contributed by atoms with Gasteiger partial charge in [0.2, 0.25) is 5.88 Å². The highest BCUT2D eigenvalue weighted by atomic mass is 19.3. The first kappa shape index (κ1) is 17.7. The van der Waals surface area contributed by atoms with Gasteiger partial charge in [-0.3, -0.25) is 4.57 Å². The monoisotopic (exact) mass is 387 g/mol. The third kappa shape index (κ3) is 3.31. The maximum Gasteiger partial charge on any atom is 0.387 e. The van der Waals surface area contributed by atoms with Crippen LogP contribution in [0.25, 0.3) is 28.4 Å². The summed E-state index contributed by atoms with van der Waals surface area (Å²) in [5, 5.41) is 0. The predicted octanol–water partition coefficient (Wildman–Crippen LogP) is 3.63. The number of imidazole rings is 1. The zero-order valence-electron chi connectivity index (χ0n) is 14.4. The summed E-state index contributed by atoms with van der Waals surface area (Å²) in [6, 6.07) is 7.43. The van der Waals surface area contributed by atoms with E-state index in [1.807, 2.05) is 0 Å². The van der Waals surface area contributed by atoms with E-state index in [0.29, 0.717) is 34.2 Å². The van der Waals surface area contributed by atoms with Crippen LogP contribution in [0.5, 0.6) is 11.6 Å². The minimum atomic E-state index is -2.98. The zero-order chi connectivity index (χ0) is 19.7. The molecule has 142 valence electrons. The standard InChI is InChI=1S/C18H12F3N5O2/c1-27-15-5-3-11(8-23-15)26-16-14(6-12(9-24-16)28-18(20)21)25-17(26)13-4-2-10(19)7-22-13/h2-9,18H,1H3. The lowest BCUT2D eigenvalue weighted by Gasteiger charge is -2.09. The average Bonchev–Trinajstić information content (AvgIpc) is 3.06. The molecule has 4 aromatic heterocycles. The second kappa shape index (κ2) is 7.14. The highest BCUT2D eigenvalue weighted by Crippen LogP contribution is 2.29. The van der Waals surface area contributed by atoms with Crippen LogP contribution >= 0.6 is 0 Å². The number of hydrogen-bond acceptors (Lipinski definition) is 6. The molecule has 0 bridgehead atoms. The number of hydrogen-bond donors (Lipinski definition) is 0. The maximum absolute atomic E-state index is 13.3. The average molecular weight is 387 g/mol. The molecule has 0 spiro atoms. The van der Waals surface area contributed by atoms with Crippen LogP contribution in [0.4, 0.5) is 13.2 Å². The van der Waals surface area contributed by atoms with Gasteiger partial charge in [0.25, 0.3) is 0 Å². The predicted molar refractivity (Wildman–Crippen MR) is 93.0 cm³/mol. The van der Waals surface area contributed by atoms with Crippen molar-refractivity contribution >= 4 is 11.2 Å². The molecule has 7 nitrogen and oxygen atoms in total. The molecule has 0 fully saturated rings. The largest absolute Gasteiger partial charge is 0.481 e. The van der Waals surface area contributed by atoms with Crippen LogP contribution in [0.3, 0.4) is 0 Å². The van der Waals surface area contributed by atoms with Crippen LogP contribution in [0.15, 0.2) is 48.9 Å². The van der Waals surface area contributed by atoms with Gasteiger partial charge in [0.05, 0.1) is 31.4 Å². The Kier molecular flexibility index (Phi) is 4.52. The SMILES string of the molecule is COc1ccc(-n2c(-c3ccc(F)cn3)nc3cc(OC(F)F)cnc32)cn1. The van der Waals surface area contributed by atoms with Gasteiger partial charge in [0, 0.05) is 12.1 Å². The molecule has 4 heterocycles. The van der Waals surface area contributed by atoms with E-state index >= 15 is 0 Å². The summed E-state index contributed by atoms with van der Waals surface area (Å²) in [6.07, 6.45) is 3.77. The first-order valence-electron chi connectivity index (χ1n) is 8.01. The van der Waals surface area contributed by atoms with Crippen molar-refractivity contribution in [3.8, 4) is 28.8 Å². The molecule has 0 radical (unpaired) electrons. The van der Waals surface area contributed by atoms with Crippen molar-refractivity contribution in [3.63, 3.8) is 0 Å². The fourth-order valence-electron chi connectivity index (χ4n) is 2.66. The van der Waals surface area contributed by atoms with Gasteiger partial charge in [0.15, 0.2) is 11.5 Å². The molecule has 4 rings (SSSR count). The Balaban J connectivity index is 1.92. The third-order valence-corrected chi connectivity index (χ3v) is 3.84. The van der Waals surface area contributed by atoms with E-state index in [4.69, 9.17) is 4.74 Å². The molecule has 0 saturated carbocycles. The van der Waals surface area contributed by atoms with E-state index in [1.54, 1.807) is 16.7 Å². The van der Waals surface area contributed by atoms with Gasteiger partial charge in [-0.25, -0.2) is 24.3 Å². The van der Waals surface area contributed by atoms with Crippen LogP contribution in [-0.2, 0) is 0 Å². The highest BCUT2D eigenvalue weighted by Gasteiger charge is 2.18. The Bertz CT molecular complexity index is 1110. The highest BCUT2D eigenvalue weighted by molar-refractivity contribution is 5.80. The number of fused-ring (bicyclic) bond motifs is 1. The lowest BCUT2D eigenvalue weighted by atomic mass is 10.3. The quantitative estimate of drug-likeness (QED) is 0.521. The maximum atomic E-state index is 13.3. The van der Waals surface area contributed by atoms with Crippen molar-refractivity contribution in [2.24, 2.45) is 0 Å². The molecule has 0 unspecified atom stereocenters. The van der Waals surface area contributed by atoms with E-state index in [1.165, 1.54) is 37.7 Å². The van der Waals surface area contributed by atoms with E-state index < -0.39 is 12.4 Å². The molecule has 4 aromatic rings. The van der Waals surface area contributed by atoms with Gasteiger partial charge < -0.3 is 9.47 Å². The Hall–Kier alpha value is -3.69. The van der Waals surface area contributed by atoms with E-state index in [-0.39, 0.29) is 5.75 Å². The molecule has 28 heavy (non-hydrogen) atoms.